The maximum atomic E-state index is 13.0. The molecule has 1 aromatic carbocycles. The Morgan fingerprint density at radius 2 is 1.70 bits per heavy atom. The molecule has 2 fully saturated rings. The monoisotopic (exact) mass is 530 g/mol. The summed E-state index contributed by atoms with van der Waals surface area (Å²) in [6.45, 7) is 6.94. The van der Waals surface area contributed by atoms with Crippen molar-refractivity contribution in [1.29, 1.82) is 0 Å². The topological polar surface area (TPSA) is 104 Å². The lowest BCUT2D eigenvalue weighted by atomic mass is 9.89. The van der Waals surface area contributed by atoms with Crippen molar-refractivity contribution >= 4 is 40.4 Å². The fourth-order valence-electron chi connectivity index (χ4n) is 5.29. The van der Waals surface area contributed by atoms with E-state index in [2.05, 4.69) is 15.6 Å². The van der Waals surface area contributed by atoms with E-state index in [9.17, 15) is 14.4 Å². The molecule has 2 atom stereocenters. The maximum Gasteiger partial charge on any atom is 0.410 e. The first-order chi connectivity index (χ1) is 17.6. The number of H-pyrrole nitrogens is 1. The van der Waals surface area contributed by atoms with E-state index in [1.807, 2.05) is 32.9 Å². The second-order valence-electron chi connectivity index (χ2n) is 11.4. The molecule has 3 amide bonds. The van der Waals surface area contributed by atoms with Crippen LogP contribution in [0.5, 0.6) is 0 Å². The Hall–Kier alpha value is -2.74. The second-order valence-corrected chi connectivity index (χ2v) is 11.8. The number of piperidine rings is 1. The van der Waals surface area contributed by atoms with Crippen LogP contribution in [-0.4, -0.2) is 58.6 Å². The number of fused-ring (bicyclic) bond motifs is 1. The van der Waals surface area contributed by atoms with Gasteiger partial charge in [-0.25, -0.2) is 4.79 Å². The highest BCUT2D eigenvalue weighted by molar-refractivity contribution is 6.31. The third-order valence-corrected chi connectivity index (χ3v) is 7.54. The molecule has 8 nitrogen and oxygen atoms in total. The van der Waals surface area contributed by atoms with Gasteiger partial charge in [0, 0.05) is 47.5 Å². The number of likely N-dealkylation sites (tertiary alicyclic amines) is 1. The third kappa shape index (κ3) is 7.63. The van der Waals surface area contributed by atoms with Gasteiger partial charge in [-0.3, -0.25) is 9.59 Å². The molecule has 9 heteroatoms. The molecule has 37 heavy (non-hydrogen) atoms. The Bertz CT molecular complexity index is 1120. The summed E-state index contributed by atoms with van der Waals surface area (Å²) in [7, 11) is 0. The molecule has 1 aromatic heterocycles. The highest BCUT2D eigenvalue weighted by Crippen LogP contribution is 2.25. The number of aromatic amines is 1. The summed E-state index contributed by atoms with van der Waals surface area (Å²) >= 11 is 6.07. The molecular formula is C28H39ClN4O4. The fourth-order valence-corrected chi connectivity index (χ4v) is 5.47. The summed E-state index contributed by atoms with van der Waals surface area (Å²) in [5.41, 5.74) is 0.859. The van der Waals surface area contributed by atoms with E-state index < -0.39 is 5.60 Å². The number of ether oxygens (including phenoxy) is 1. The average molecular weight is 531 g/mol. The molecule has 1 saturated heterocycles. The third-order valence-electron chi connectivity index (χ3n) is 7.30. The standard InChI is InChI=1S/C28H39ClN4O4/c1-28(2,3)37-27(36)33-14-12-18(13-15-33)8-11-25(34)31-22-6-4-5-7-23(22)32-26(35)24-17-19-16-20(29)9-10-21(19)30-24/h9-10,16-18,22-23,30H,4-8,11-15H2,1-3H3,(H,31,34)(H,32,35)/t22-,23+/m1/s1. The van der Waals surface area contributed by atoms with Crippen LogP contribution in [0, 0.1) is 5.92 Å². The molecule has 0 spiro atoms. The molecule has 2 aromatic rings. The van der Waals surface area contributed by atoms with Gasteiger partial charge in [0.15, 0.2) is 0 Å². The number of nitrogens with one attached hydrogen (secondary N) is 3. The summed E-state index contributed by atoms with van der Waals surface area (Å²) in [5, 5.41) is 7.84. The number of benzene rings is 1. The molecule has 0 bridgehead atoms. The van der Waals surface area contributed by atoms with Crippen molar-refractivity contribution in [3.63, 3.8) is 0 Å². The number of hydrogen-bond donors (Lipinski definition) is 3. The average Bonchev–Trinajstić information content (AvgIpc) is 3.27. The van der Waals surface area contributed by atoms with Crippen molar-refractivity contribution in [2.45, 2.75) is 89.8 Å². The van der Waals surface area contributed by atoms with Gasteiger partial charge in [0.25, 0.3) is 5.91 Å². The van der Waals surface area contributed by atoms with Crippen LogP contribution in [0.2, 0.25) is 5.02 Å². The van der Waals surface area contributed by atoms with Gasteiger partial charge in [0.2, 0.25) is 5.91 Å². The van der Waals surface area contributed by atoms with Gasteiger partial charge >= 0.3 is 6.09 Å². The van der Waals surface area contributed by atoms with Gasteiger partial charge < -0.3 is 25.3 Å². The van der Waals surface area contributed by atoms with Crippen molar-refractivity contribution in [2.24, 2.45) is 5.92 Å². The van der Waals surface area contributed by atoms with Crippen molar-refractivity contribution in [3.8, 4) is 0 Å². The molecule has 3 N–H and O–H groups in total. The van der Waals surface area contributed by atoms with Crippen LogP contribution >= 0.6 is 11.6 Å². The van der Waals surface area contributed by atoms with Crippen LogP contribution in [0.1, 0.15) is 82.6 Å². The first-order valence-electron chi connectivity index (χ1n) is 13.4. The Morgan fingerprint density at radius 1 is 1.03 bits per heavy atom. The molecular weight excluding hydrogens is 492 g/mol. The van der Waals surface area contributed by atoms with Crippen LogP contribution in [0.4, 0.5) is 4.79 Å². The summed E-state index contributed by atoms with van der Waals surface area (Å²) in [4.78, 5) is 42.9. The SMILES string of the molecule is CC(C)(C)OC(=O)N1CCC(CCC(=O)N[C@@H]2CCCC[C@@H]2NC(=O)c2cc3cc(Cl)ccc3[nH]2)CC1. The fraction of sp³-hybridized carbons (Fsp3) is 0.607. The summed E-state index contributed by atoms with van der Waals surface area (Å²) in [6, 6.07) is 7.12. The maximum absolute atomic E-state index is 13.0. The molecule has 1 aliphatic carbocycles. The lowest BCUT2D eigenvalue weighted by Gasteiger charge is -2.34. The Balaban J connectivity index is 1.23. The minimum Gasteiger partial charge on any atom is -0.444 e. The van der Waals surface area contributed by atoms with Crippen molar-refractivity contribution in [1.82, 2.24) is 20.5 Å². The van der Waals surface area contributed by atoms with Crippen LogP contribution in [-0.2, 0) is 9.53 Å². The summed E-state index contributed by atoms with van der Waals surface area (Å²) in [5.74, 6) is 0.276. The van der Waals surface area contributed by atoms with E-state index in [0.29, 0.717) is 36.1 Å². The van der Waals surface area contributed by atoms with Crippen molar-refractivity contribution < 1.29 is 19.1 Å². The van der Waals surface area contributed by atoms with Crippen molar-refractivity contribution in [2.75, 3.05) is 13.1 Å². The Morgan fingerprint density at radius 3 is 2.38 bits per heavy atom. The molecule has 2 heterocycles. The number of hydrogen-bond acceptors (Lipinski definition) is 4. The van der Waals surface area contributed by atoms with Gasteiger partial charge in [-0.2, -0.15) is 0 Å². The molecule has 1 saturated carbocycles. The Labute approximate surface area is 223 Å². The highest BCUT2D eigenvalue weighted by atomic mass is 35.5. The van der Waals surface area contributed by atoms with Gasteiger partial charge in [0.1, 0.15) is 11.3 Å². The summed E-state index contributed by atoms with van der Waals surface area (Å²) in [6.07, 6.45) is 6.51. The molecule has 0 unspecified atom stereocenters. The van der Waals surface area contributed by atoms with Crippen LogP contribution in [0.15, 0.2) is 24.3 Å². The number of rotatable bonds is 6. The van der Waals surface area contributed by atoms with Gasteiger partial charge in [-0.15, -0.1) is 0 Å². The number of halogens is 1. The number of nitrogens with zero attached hydrogens (tertiary/aromatic N) is 1. The number of carbonyl (C=O) groups excluding carboxylic acids is 3. The predicted molar refractivity (Wildman–Crippen MR) is 145 cm³/mol. The van der Waals surface area contributed by atoms with E-state index in [0.717, 1.165) is 55.8 Å². The van der Waals surface area contributed by atoms with E-state index in [1.54, 1.807) is 17.0 Å². The molecule has 4 rings (SSSR count). The van der Waals surface area contributed by atoms with E-state index in [-0.39, 0.29) is 30.0 Å². The van der Waals surface area contributed by atoms with Crippen LogP contribution in [0.3, 0.4) is 0 Å². The minimum absolute atomic E-state index is 0.0287. The number of carbonyl (C=O) groups is 3. The zero-order valence-electron chi connectivity index (χ0n) is 22.1. The molecule has 0 radical (unpaired) electrons. The lowest BCUT2D eigenvalue weighted by molar-refractivity contribution is -0.122. The van der Waals surface area contributed by atoms with E-state index in [4.69, 9.17) is 16.3 Å². The first kappa shape index (κ1) is 27.3. The lowest BCUT2D eigenvalue weighted by Crippen LogP contribution is -2.53. The largest absolute Gasteiger partial charge is 0.444 e. The highest BCUT2D eigenvalue weighted by Gasteiger charge is 2.30. The summed E-state index contributed by atoms with van der Waals surface area (Å²) < 4.78 is 5.47. The van der Waals surface area contributed by atoms with E-state index >= 15 is 0 Å². The van der Waals surface area contributed by atoms with Crippen LogP contribution < -0.4 is 10.6 Å². The van der Waals surface area contributed by atoms with Crippen LogP contribution in [0.25, 0.3) is 10.9 Å². The van der Waals surface area contributed by atoms with Crippen molar-refractivity contribution in [3.05, 3.63) is 35.0 Å². The zero-order chi connectivity index (χ0) is 26.6. The molecule has 202 valence electrons. The molecule has 1 aliphatic heterocycles. The quantitative estimate of drug-likeness (QED) is 0.464. The first-order valence-corrected chi connectivity index (χ1v) is 13.8. The Kier molecular flexibility index (Phi) is 8.67. The van der Waals surface area contributed by atoms with Gasteiger partial charge in [-0.05, 0) is 83.1 Å². The number of aromatic nitrogens is 1. The second kappa shape index (κ2) is 11.8. The molecule has 2 aliphatic rings. The number of amides is 3. The van der Waals surface area contributed by atoms with E-state index in [1.165, 1.54) is 0 Å². The minimum atomic E-state index is -0.494. The smallest absolute Gasteiger partial charge is 0.410 e. The van der Waals surface area contributed by atoms with Gasteiger partial charge in [0.05, 0.1) is 0 Å². The predicted octanol–water partition coefficient (Wildman–Crippen LogP) is 5.41. The van der Waals surface area contributed by atoms with Gasteiger partial charge in [-0.1, -0.05) is 24.4 Å². The normalized spacial score (nSPS) is 21.0. The zero-order valence-corrected chi connectivity index (χ0v) is 22.8.